The van der Waals surface area contributed by atoms with Crippen molar-refractivity contribution >= 4 is 17.8 Å². The van der Waals surface area contributed by atoms with Crippen molar-refractivity contribution < 1.29 is 14.3 Å². The third kappa shape index (κ3) is 9.31. The van der Waals surface area contributed by atoms with Gasteiger partial charge in [0.05, 0.1) is 19.8 Å². The number of aromatic nitrogens is 3. The summed E-state index contributed by atoms with van der Waals surface area (Å²) in [7, 11) is 0. The number of ether oxygens (including phenoxy) is 2. The summed E-state index contributed by atoms with van der Waals surface area (Å²) in [6.45, 7) is 7.50. The van der Waals surface area contributed by atoms with Crippen LogP contribution >= 0.6 is 0 Å². The molecular weight excluding hydrogens is 420 g/mol. The Morgan fingerprint density at radius 1 is 0.939 bits per heavy atom. The molecule has 0 bridgehead atoms. The lowest BCUT2D eigenvalue weighted by molar-refractivity contribution is -0.127. The highest BCUT2D eigenvalue weighted by atomic mass is 16.5. The van der Waals surface area contributed by atoms with Crippen LogP contribution in [0, 0.1) is 0 Å². The predicted molar refractivity (Wildman–Crippen MR) is 128 cm³/mol. The molecular formula is C24H36N6O3. The molecule has 0 saturated carbocycles. The second kappa shape index (κ2) is 14.4. The third-order valence-electron chi connectivity index (χ3n) is 5.20. The highest BCUT2D eigenvalue weighted by Gasteiger charge is 2.19. The number of likely N-dealkylation sites (tertiary alicyclic amines) is 1. The van der Waals surface area contributed by atoms with Crippen molar-refractivity contribution in [3.05, 3.63) is 41.7 Å². The van der Waals surface area contributed by atoms with Gasteiger partial charge in [-0.2, -0.15) is 15.0 Å². The zero-order valence-electron chi connectivity index (χ0n) is 19.6. The van der Waals surface area contributed by atoms with Crippen LogP contribution in [0.1, 0.15) is 44.0 Å². The molecule has 2 heterocycles. The minimum Gasteiger partial charge on any atom is -0.379 e. The van der Waals surface area contributed by atoms with Crippen molar-refractivity contribution in [1.82, 2.24) is 19.9 Å². The van der Waals surface area contributed by atoms with Gasteiger partial charge in [-0.15, -0.1) is 0 Å². The van der Waals surface area contributed by atoms with Crippen LogP contribution in [0.25, 0.3) is 0 Å². The molecule has 9 nitrogen and oxygen atoms in total. The second-order valence-corrected chi connectivity index (χ2v) is 7.98. The monoisotopic (exact) mass is 456 g/mol. The third-order valence-corrected chi connectivity index (χ3v) is 5.20. The van der Waals surface area contributed by atoms with Crippen LogP contribution in [0.5, 0.6) is 0 Å². The number of nitrogens with zero attached hydrogens (tertiary/aromatic N) is 4. The maximum Gasteiger partial charge on any atom is 0.227 e. The van der Waals surface area contributed by atoms with Gasteiger partial charge in [-0.05, 0) is 24.8 Å². The van der Waals surface area contributed by atoms with E-state index in [1.807, 2.05) is 23.1 Å². The molecule has 2 aromatic rings. The Bertz CT molecular complexity index is 836. The number of hydrogen-bond donors (Lipinski definition) is 2. The molecule has 0 spiro atoms. The van der Waals surface area contributed by atoms with Crippen LogP contribution in [0.3, 0.4) is 0 Å². The van der Waals surface area contributed by atoms with Crippen LogP contribution in [0.2, 0.25) is 0 Å². The van der Waals surface area contributed by atoms with E-state index in [2.05, 4.69) is 44.6 Å². The number of hydrogen-bond acceptors (Lipinski definition) is 8. The lowest BCUT2D eigenvalue weighted by atomic mass is 10.1. The maximum absolute atomic E-state index is 11.8. The highest BCUT2D eigenvalue weighted by molar-refractivity contribution is 5.78. The summed E-state index contributed by atoms with van der Waals surface area (Å²) in [6, 6.07) is 10.1. The lowest BCUT2D eigenvalue weighted by Gasteiger charge is -2.15. The molecule has 0 unspecified atom stereocenters. The van der Waals surface area contributed by atoms with Gasteiger partial charge in [0.25, 0.3) is 0 Å². The quantitative estimate of drug-likeness (QED) is 0.372. The van der Waals surface area contributed by atoms with Crippen LogP contribution in [0.15, 0.2) is 30.3 Å². The minimum absolute atomic E-state index is 0.255. The van der Waals surface area contributed by atoms with Crippen molar-refractivity contribution in [2.75, 3.05) is 63.2 Å². The predicted octanol–water partition coefficient (Wildman–Crippen LogP) is 2.74. The van der Waals surface area contributed by atoms with E-state index in [1.54, 1.807) is 0 Å². The molecule has 1 amide bonds. The lowest BCUT2D eigenvalue weighted by Crippen LogP contribution is -2.27. The standard InChI is InChI=1S/C24H36N6O3/c1-2-15-32-17-18-33-16-12-26-24-28-21(19-20-8-4-3-5-9-20)27-23(29-24)25-11-7-14-30-13-6-10-22(30)31/h3-5,8-9H,2,6-7,10-19H2,1H3,(H2,25,26,27,28,29). The molecule has 1 aromatic carbocycles. The van der Waals surface area contributed by atoms with Gasteiger partial charge in [0, 0.05) is 45.6 Å². The van der Waals surface area contributed by atoms with E-state index in [0.717, 1.165) is 44.5 Å². The molecule has 1 aliphatic rings. The van der Waals surface area contributed by atoms with Gasteiger partial charge < -0.3 is 25.0 Å². The average Bonchev–Trinajstić information content (AvgIpc) is 3.23. The largest absolute Gasteiger partial charge is 0.379 e. The van der Waals surface area contributed by atoms with E-state index >= 15 is 0 Å². The number of anilines is 2. The summed E-state index contributed by atoms with van der Waals surface area (Å²) >= 11 is 0. The zero-order chi connectivity index (χ0) is 23.1. The fourth-order valence-corrected chi connectivity index (χ4v) is 3.55. The Morgan fingerprint density at radius 2 is 1.67 bits per heavy atom. The first kappa shape index (κ1) is 24.9. The van der Waals surface area contributed by atoms with Crippen LogP contribution < -0.4 is 10.6 Å². The van der Waals surface area contributed by atoms with Gasteiger partial charge in [-0.3, -0.25) is 4.79 Å². The number of carbonyl (C=O) groups is 1. The summed E-state index contributed by atoms with van der Waals surface area (Å²) < 4.78 is 11.0. The van der Waals surface area contributed by atoms with Crippen molar-refractivity contribution in [2.45, 2.75) is 39.0 Å². The molecule has 0 radical (unpaired) electrons. The first-order valence-electron chi connectivity index (χ1n) is 11.9. The molecule has 1 fully saturated rings. The summed E-state index contributed by atoms with van der Waals surface area (Å²) in [5.74, 6) is 2.02. The molecule has 0 atom stereocenters. The summed E-state index contributed by atoms with van der Waals surface area (Å²) in [4.78, 5) is 27.4. The van der Waals surface area contributed by atoms with Crippen LogP contribution in [-0.4, -0.2) is 78.4 Å². The number of carbonyl (C=O) groups excluding carboxylic acids is 1. The van der Waals surface area contributed by atoms with E-state index < -0.39 is 0 Å². The smallest absolute Gasteiger partial charge is 0.227 e. The molecule has 9 heteroatoms. The SMILES string of the molecule is CCCOCCOCCNc1nc(Cc2ccccc2)nc(NCCCN2CCCC2=O)n1. The average molecular weight is 457 g/mol. The van der Waals surface area contributed by atoms with Crippen molar-refractivity contribution in [3.63, 3.8) is 0 Å². The van der Waals surface area contributed by atoms with Gasteiger partial charge in [0.1, 0.15) is 5.82 Å². The van der Waals surface area contributed by atoms with Gasteiger partial charge in [-0.1, -0.05) is 37.3 Å². The van der Waals surface area contributed by atoms with E-state index in [-0.39, 0.29) is 5.91 Å². The normalized spacial score (nSPS) is 13.5. The van der Waals surface area contributed by atoms with E-state index in [9.17, 15) is 4.79 Å². The summed E-state index contributed by atoms with van der Waals surface area (Å²) in [6.07, 6.45) is 4.13. The Kier molecular flexibility index (Phi) is 10.8. The van der Waals surface area contributed by atoms with Crippen LogP contribution in [0.4, 0.5) is 11.9 Å². The van der Waals surface area contributed by atoms with Gasteiger partial charge in [-0.25, -0.2) is 0 Å². The van der Waals surface area contributed by atoms with Gasteiger partial charge in [0.15, 0.2) is 0 Å². The number of nitrogens with one attached hydrogen (secondary N) is 2. The summed E-state index contributed by atoms with van der Waals surface area (Å²) in [5, 5.41) is 6.53. The Hall–Kier alpha value is -2.78. The van der Waals surface area contributed by atoms with E-state index in [0.29, 0.717) is 63.5 Å². The second-order valence-electron chi connectivity index (χ2n) is 7.98. The Balaban J connectivity index is 1.50. The highest BCUT2D eigenvalue weighted by Crippen LogP contribution is 2.12. The van der Waals surface area contributed by atoms with Gasteiger partial charge >= 0.3 is 0 Å². The minimum atomic E-state index is 0.255. The fourth-order valence-electron chi connectivity index (χ4n) is 3.55. The number of amides is 1. The molecule has 1 aliphatic heterocycles. The van der Waals surface area contributed by atoms with Crippen molar-refractivity contribution in [3.8, 4) is 0 Å². The van der Waals surface area contributed by atoms with Gasteiger partial charge in [0.2, 0.25) is 17.8 Å². The van der Waals surface area contributed by atoms with Crippen molar-refractivity contribution in [1.29, 1.82) is 0 Å². The first-order valence-corrected chi connectivity index (χ1v) is 11.9. The van der Waals surface area contributed by atoms with E-state index in [4.69, 9.17) is 9.47 Å². The Morgan fingerprint density at radius 3 is 2.36 bits per heavy atom. The molecule has 3 rings (SSSR count). The molecule has 0 aliphatic carbocycles. The van der Waals surface area contributed by atoms with Crippen molar-refractivity contribution in [2.24, 2.45) is 0 Å². The zero-order valence-corrected chi connectivity index (χ0v) is 19.6. The Labute approximate surface area is 196 Å². The molecule has 33 heavy (non-hydrogen) atoms. The number of benzene rings is 1. The molecule has 1 saturated heterocycles. The first-order chi connectivity index (χ1) is 16.2. The maximum atomic E-state index is 11.8. The number of rotatable bonds is 16. The van der Waals surface area contributed by atoms with Crippen LogP contribution in [-0.2, 0) is 20.7 Å². The fraction of sp³-hybridized carbons (Fsp3) is 0.583. The topological polar surface area (TPSA) is 101 Å². The molecule has 2 N–H and O–H groups in total. The molecule has 1 aromatic heterocycles. The summed E-state index contributed by atoms with van der Waals surface area (Å²) in [5.41, 5.74) is 1.14. The molecule has 180 valence electrons. The van der Waals surface area contributed by atoms with E-state index in [1.165, 1.54) is 0 Å².